The summed E-state index contributed by atoms with van der Waals surface area (Å²) in [5, 5.41) is 0. The van der Waals surface area contributed by atoms with Gasteiger partial charge in [0, 0.05) is 28.4 Å². The zero-order chi connectivity index (χ0) is 8.27. The summed E-state index contributed by atoms with van der Waals surface area (Å²) in [5.74, 6) is 0. The van der Waals surface area contributed by atoms with Gasteiger partial charge in [0.1, 0.15) is 0 Å². The molecule has 11 heavy (non-hydrogen) atoms. The molecule has 56 valence electrons. The Morgan fingerprint density at radius 3 is 3.00 bits per heavy atom. The van der Waals surface area contributed by atoms with E-state index in [9.17, 15) is 0 Å². The maximum absolute atomic E-state index is 4.99. The summed E-state index contributed by atoms with van der Waals surface area (Å²) < 4.78 is 0. The van der Waals surface area contributed by atoms with E-state index in [1.54, 1.807) is 12.4 Å². The van der Waals surface area contributed by atoms with Gasteiger partial charge in [-0.2, -0.15) is 0 Å². The second kappa shape index (κ2) is 3.42. The first-order chi connectivity index (χ1) is 5.20. The lowest BCUT2D eigenvalue weighted by molar-refractivity contribution is 1.54. The van der Waals surface area contributed by atoms with E-state index in [-0.39, 0.29) is 0 Å². The van der Waals surface area contributed by atoms with E-state index in [0.717, 1.165) is 16.0 Å². The molecule has 0 amide bonds. The van der Waals surface area contributed by atoms with Crippen LogP contribution in [0, 0.1) is 0 Å². The number of rotatable bonds is 1. The Bertz CT molecular complexity index is 302. The second-order valence-electron chi connectivity index (χ2n) is 2.39. The van der Waals surface area contributed by atoms with Crippen molar-refractivity contribution in [3.63, 3.8) is 0 Å². The monoisotopic (exact) mass is 163 g/mol. The number of hydrogen-bond donors (Lipinski definition) is 0. The lowest BCUT2D eigenvalue weighted by atomic mass is 10.2. The molecule has 0 radical (unpaired) electrons. The normalized spacial score (nSPS) is 15.5. The smallest absolute Gasteiger partial charge is 0.0374 e. The van der Waals surface area contributed by atoms with E-state index < -0.39 is 0 Å². The van der Waals surface area contributed by atoms with Crippen LogP contribution in [0.15, 0.2) is 34.1 Å². The van der Waals surface area contributed by atoms with Gasteiger partial charge in [0.05, 0.1) is 0 Å². The summed E-state index contributed by atoms with van der Waals surface area (Å²) in [6, 6.07) is 0. The minimum absolute atomic E-state index is 0.851. The molecule has 1 aliphatic rings. The molecule has 1 aliphatic heterocycles. The zero-order valence-electron chi connectivity index (χ0n) is 6.59. The van der Waals surface area contributed by atoms with Crippen LogP contribution >= 0.6 is 12.2 Å². The first kappa shape index (κ1) is 8.12. The van der Waals surface area contributed by atoms with Gasteiger partial charge in [0.25, 0.3) is 0 Å². The van der Waals surface area contributed by atoms with Crippen LogP contribution < -0.4 is 0 Å². The number of aliphatic imine (C=N–C) groups is 1. The largest absolute Gasteiger partial charge is 0.263 e. The Morgan fingerprint density at radius 1 is 1.64 bits per heavy atom. The van der Waals surface area contributed by atoms with E-state index in [2.05, 4.69) is 10.7 Å². The van der Waals surface area contributed by atoms with Crippen LogP contribution in [0.3, 0.4) is 0 Å². The Balaban J connectivity index is 3.03. The molecule has 0 atom stereocenters. The van der Waals surface area contributed by atoms with Crippen molar-refractivity contribution >= 4 is 23.3 Å². The lowest BCUT2D eigenvalue weighted by Crippen LogP contribution is -1.87. The maximum atomic E-state index is 4.99. The SMILES string of the molecule is CC(=S)C1=CN=CC(C)=C=C1. The highest BCUT2D eigenvalue weighted by Crippen LogP contribution is 2.03. The summed E-state index contributed by atoms with van der Waals surface area (Å²) in [5.41, 5.74) is 5.05. The molecule has 0 unspecified atom stereocenters. The van der Waals surface area contributed by atoms with E-state index in [0.29, 0.717) is 0 Å². The summed E-state index contributed by atoms with van der Waals surface area (Å²) in [7, 11) is 0. The van der Waals surface area contributed by atoms with E-state index in [4.69, 9.17) is 12.2 Å². The minimum Gasteiger partial charge on any atom is -0.263 e. The first-order valence-electron chi connectivity index (χ1n) is 3.38. The van der Waals surface area contributed by atoms with Crippen molar-refractivity contribution in [1.82, 2.24) is 0 Å². The van der Waals surface area contributed by atoms with Gasteiger partial charge in [-0.25, -0.2) is 0 Å². The van der Waals surface area contributed by atoms with Crippen molar-refractivity contribution in [2.75, 3.05) is 0 Å². The molecule has 1 rings (SSSR count). The molecule has 1 nitrogen and oxygen atoms in total. The van der Waals surface area contributed by atoms with Gasteiger partial charge in [-0.1, -0.05) is 12.2 Å². The van der Waals surface area contributed by atoms with Crippen LogP contribution in [0.25, 0.3) is 0 Å². The third kappa shape index (κ3) is 2.26. The fourth-order valence-corrected chi connectivity index (χ4v) is 0.800. The standard InChI is InChI=1S/C9H9NS/c1-7-3-4-9(8(2)11)6-10-5-7/h4-6H,1-2H3. The van der Waals surface area contributed by atoms with Crippen molar-refractivity contribution < 1.29 is 0 Å². The molecule has 1 heterocycles. The average Bonchev–Trinajstić information content (AvgIpc) is 2.13. The number of allylic oxidation sites excluding steroid dienone is 2. The van der Waals surface area contributed by atoms with Gasteiger partial charge < -0.3 is 0 Å². The van der Waals surface area contributed by atoms with Crippen LogP contribution in [-0.4, -0.2) is 11.1 Å². The molecule has 0 aromatic heterocycles. The van der Waals surface area contributed by atoms with Crippen molar-refractivity contribution in [2.45, 2.75) is 13.8 Å². The Kier molecular flexibility index (Phi) is 2.53. The molecule has 0 spiro atoms. The quantitative estimate of drug-likeness (QED) is 0.427. The Hall–Kier alpha value is -0.980. The average molecular weight is 163 g/mol. The van der Waals surface area contributed by atoms with Crippen LogP contribution in [0.5, 0.6) is 0 Å². The fourth-order valence-electron chi connectivity index (χ4n) is 0.688. The highest BCUT2D eigenvalue weighted by atomic mass is 32.1. The minimum atomic E-state index is 0.851. The third-order valence-electron chi connectivity index (χ3n) is 1.34. The third-order valence-corrected chi connectivity index (χ3v) is 1.58. The molecule has 0 fully saturated rings. The van der Waals surface area contributed by atoms with E-state index >= 15 is 0 Å². The van der Waals surface area contributed by atoms with Gasteiger partial charge in [-0.15, -0.1) is 5.73 Å². The highest BCUT2D eigenvalue weighted by Gasteiger charge is 1.94. The van der Waals surface area contributed by atoms with E-state index in [1.807, 2.05) is 19.9 Å². The van der Waals surface area contributed by atoms with Crippen molar-refractivity contribution in [3.05, 3.63) is 29.2 Å². The van der Waals surface area contributed by atoms with Crippen LogP contribution in [0.4, 0.5) is 0 Å². The number of thiocarbonyl (C=S) groups is 1. The number of hydrogen-bond acceptors (Lipinski definition) is 2. The molecule has 0 aromatic carbocycles. The molecule has 2 heteroatoms. The van der Waals surface area contributed by atoms with Gasteiger partial charge in [-0.3, -0.25) is 4.99 Å². The maximum Gasteiger partial charge on any atom is 0.0374 e. The van der Waals surface area contributed by atoms with Gasteiger partial charge in [0.2, 0.25) is 0 Å². The van der Waals surface area contributed by atoms with E-state index in [1.165, 1.54) is 0 Å². The Labute approximate surface area is 71.8 Å². The molecule has 0 saturated heterocycles. The molecule has 0 N–H and O–H groups in total. The van der Waals surface area contributed by atoms with Crippen LogP contribution in [-0.2, 0) is 0 Å². The highest BCUT2D eigenvalue weighted by molar-refractivity contribution is 7.80. The Morgan fingerprint density at radius 2 is 2.36 bits per heavy atom. The fraction of sp³-hybridized carbons (Fsp3) is 0.222. The van der Waals surface area contributed by atoms with Crippen LogP contribution in [0.1, 0.15) is 13.8 Å². The predicted molar refractivity (Wildman–Crippen MR) is 52.1 cm³/mol. The zero-order valence-corrected chi connectivity index (χ0v) is 7.40. The molecule has 0 aromatic rings. The second-order valence-corrected chi connectivity index (χ2v) is 3.00. The lowest BCUT2D eigenvalue weighted by Gasteiger charge is -1.91. The molecule has 0 saturated carbocycles. The van der Waals surface area contributed by atoms with Gasteiger partial charge in [0.15, 0.2) is 0 Å². The summed E-state index contributed by atoms with van der Waals surface area (Å²) in [4.78, 5) is 4.90. The van der Waals surface area contributed by atoms with Gasteiger partial charge in [-0.05, 0) is 19.9 Å². The van der Waals surface area contributed by atoms with Crippen LogP contribution in [0.2, 0.25) is 0 Å². The molecule has 0 bridgehead atoms. The number of nitrogens with zero attached hydrogens (tertiary/aromatic N) is 1. The van der Waals surface area contributed by atoms with Crippen molar-refractivity contribution in [2.24, 2.45) is 4.99 Å². The van der Waals surface area contributed by atoms with Crippen molar-refractivity contribution in [1.29, 1.82) is 0 Å². The molecular formula is C9H9NS. The summed E-state index contributed by atoms with van der Waals surface area (Å²) >= 11 is 4.99. The predicted octanol–water partition coefficient (Wildman–Crippen LogP) is 2.45. The summed E-state index contributed by atoms with van der Waals surface area (Å²) in [6.45, 7) is 3.84. The summed E-state index contributed by atoms with van der Waals surface area (Å²) in [6.07, 6.45) is 5.39. The van der Waals surface area contributed by atoms with Gasteiger partial charge >= 0.3 is 0 Å². The molecular weight excluding hydrogens is 154 g/mol. The van der Waals surface area contributed by atoms with Crippen molar-refractivity contribution in [3.8, 4) is 0 Å². The molecule has 0 aliphatic carbocycles. The first-order valence-corrected chi connectivity index (χ1v) is 3.78. The topological polar surface area (TPSA) is 12.4 Å².